The average Bonchev–Trinajstić information content (AvgIpc) is 2.86. The van der Waals surface area contributed by atoms with Gasteiger partial charge in [-0.3, -0.25) is 19.7 Å². The van der Waals surface area contributed by atoms with E-state index in [1.165, 1.54) is 45.2 Å². The number of alkyl carbamates (subject to hydrolysis) is 1. The van der Waals surface area contributed by atoms with Gasteiger partial charge in [-0.25, -0.2) is 9.18 Å². The zero-order valence-corrected chi connectivity index (χ0v) is 19.9. The van der Waals surface area contributed by atoms with Crippen LogP contribution in [-0.2, 0) is 16.1 Å². The second-order valence-corrected chi connectivity index (χ2v) is 8.44. The summed E-state index contributed by atoms with van der Waals surface area (Å²) in [4.78, 5) is 50.5. The van der Waals surface area contributed by atoms with Crippen LogP contribution in [0.5, 0.6) is 0 Å². The summed E-state index contributed by atoms with van der Waals surface area (Å²) in [6, 6.07) is 17.5. The molecule has 10 heteroatoms. The summed E-state index contributed by atoms with van der Waals surface area (Å²) >= 11 is 0. The first-order chi connectivity index (χ1) is 17.0. The molecule has 186 valence electrons. The van der Waals surface area contributed by atoms with Gasteiger partial charge < -0.3 is 15.0 Å². The Hall–Kier alpha value is -4.60. The van der Waals surface area contributed by atoms with Gasteiger partial charge in [-0.2, -0.15) is 0 Å². The van der Waals surface area contributed by atoms with Crippen LogP contribution in [0.3, 0.4) is 0 Å². The summed E-state index contributed by atoms with van der Waals surface area (Å²) in [6.07, 6.45) is -0.836. The van der Waals surface area contributed by atoms with Gasteiger partial charge in [-0.15, -0.1) is 0 Å². The Labute approximate surface area is 206 Å². The van der Waals surface area contributed by atoms with Crippen molar-refractivity contribution in [1.29, 1.82) is 0 Å². The fraction of sp³-hybridized carbons (Fsp3) is 0.192. The second kappa shape index (κ2) is 10.8. The summed E-state index contributed by atoms with van der Waals surface area (Å²) in [6.45, 7) is 2.88. The van der Waals surface area contributed by atoms with Crippen LogP contribution in [0, 0.1) is 15.9 Å². The van der Waals surface area contributed by atoms with E-state index in [9.17, 15) is 28.9 Å². The van der Waals surface area contributed by atoms with Crippen LogP contribution in [0.15, 0.2) is 72.8 Å². The minimum absolute atomic E-state index is 0.00355. The number of nitrogens with one attached hydrogen (secondary N) is 1. The Kier molecular flexibility index (Phi) is 7.78. The van der Waals surface area contributed by atoms with Crippen LogP contribution < -0.4 is 10.2 Å². The van der Waals surface area contributed by atoms with E-state index in [-0.39, 0.29) is 23.4 Å². The van der Waals surface area contributed by atoms with Gasteiger partial charge in [0.15, 0.2) is 5.78 Å². The minimum atomic E-state index is -1.48. The zero-order valence-electron chi connectivity index (χ0n) is 19.9. The number of anilines is 1. The monoisotopic (exact) mass is 493 g/mol. The molecule has 0 heterocycles. The molecule has 0 saturated carbocycles. The van der Waals surface area contributed by atoms with Crippen molar-refractivity contribution >= 4 is 29.2 Å². The Morgan fingerprint density at radius 3 is 2.28 bits per heavy atom. The first kappa shape index (κ1) is 26.0. The van der Waals surface area contributed by atoms with Crippen LogP contribution in [0.2, 0.25) is 0 Å². The van der Waals surface area contributed by atoms with Gasteiger partial charge in [0.25, 0.3) is 11.6 Å². The van der Waals surface area contributed by atoms with Gasteiger partial charge in [0.05, 0.1) is 21.7 Å². The zero-order chi connectivity index (χ0) is 26.5. The number of hydrogen-bond acceptors (Lipinski definition) is 6. The number of nitro groups is 1. The average molecular weight is 493 g/mol. The molecule has 3 aromatic carbocycles. The van der Waals surface area contributed by atoms with Crippen LogP contribution >= 0.6 is 0 Å². The van der Waals surface area contributed by atoms with Crippen molar-refractivity contribution in [3.05, 3.63) is 105 Å². The molecule has 0 aliphatic rings. The van der Waals surface area contributed by atoms with E-state index in [4.69, 9.17) is 4.74 Å². The maximum Gasteiger partial charge on any atom is 0.408 e. The highest BCUT2D eigenvalue weighted by molar-refractivity contribution is 6.15. The van der Waals surface area contributed by atoms with E-state index in [0.29, 0.717) is 0 Å². The number of benzene rings is 3. The molecule has 0 spiro atoms. The van der Waals surface area contributed by atoms with E-state index in [1.807, 2.05) is 6.07 Å². The summed E-state index contributed by atoms with van der Waals surface area (Å²) in [5.74, 6) is -2.29. The molecule has 0 fully saturated rings. The molecule has 0 unspecified atom stereocenters. The number of carbonyl (C=O) groups excluding carboxylic acids is 3. The second-order valence-electron chi connectivity index (χ2n) is 8.44. The van der Waals surface area contributed by atoms with Gasteiger partial charge in [0.1, 0.15) is 18.0 Å². The molecule has 36 heavy (non-hydrogen) atoms. The fourth-order valence-electron chi connectivity index (χ4n) is 3.50. The van der Waals surface area contributed by atoms with E-state index < -0.39 is 39.8 Å². The number of halogens is 1. The van der Waals surface area contributed by atoms with Crippen molar-refractivity contribution in [3.63, 3.8) is 0 Å². The SMILES string of the molecule is CN(C(=O)C(C)(C)NC(=O)OCc1ccccc1)c1ccc([N+](=O)[O-])cc1C(=O)c1ccccc1F. The van der Waals surface area contributed by atoms with Crippen molar-refractivity contribution in [2.45, 2.75) is 26.0 Å². The van der Waals surface area contributed by atoms with Crippen molar-refractivity contribution in [3.8, 4) is 0 Å². The lowest BCUT2D eigenvalue weighted by atomic mass is 9.98. The minimum Gasteiger partial charge on any atom is -0.445 e. The van der Waals surface area contributed by atoms with Crippen molar-refractivity contribution in [2.24, 2.45) is 0 Å². The van der Waals surface area contributed by atoms with Gasteiger partial charge in [-0.1, -0.05) is 42.5 Å². The van der Waals surface area contributed by atoms with Crippen molar-refractivity contribution in [1.82, 2.24) is 5.32 Å². The van der Waals surface area contributed by atoms with E-state index in [0.717, 1.165) is 28.7 Å². The largest absolute Gasteiger partial charge is 0.445 e. The Bertz CT molecular complexity index is 1310. The van der Waals surface area contributed by atoms with Crippen LogP contribution in [0.4, 0.5) is 20.6 Å². The maximum atomic E-state index is 14.3. The number of likely N-dealkylation sites (N-methyl/N-ethyl adjacent to an activating group) is 1. The molecule has 0 aromatic heterocycles. The van der Waals surface area contributed by atoms with Gasteiger partial charge in [-0.05, 0) is 37.6 Å². The third-order valence-electron chi connectivity index (χ3n) is 5.38. The molecule has 1 N–H and O–H groups in total. The van der Waals surface area contributed by atoms with E-state index in [1.54, 1.807) is 24.3 Å². The lowest BCUT2D eigenvalue weighted by Gasteiger charge is -2.30. The third kappa shape index (κ3) is 5.90. The van der Waals surface area contributed by atoms with Crippen LogP contribution in [0.1, 0.15) is 35.3 Å². The normalized spacial score (nSPS) is 10.9. The molecule has 0 bridgehead atoms. The summed E-state index contributed by atoms with van der Waals surface area (Å²) in [5, 5.41) is 13.8. The Morgan fingerprint density at radius 1 is 1.00 bits per heavy atom. The molecule has 3 rings (SSSR count). The molecule has 0 aliphatic heterocycles. The summed E-state index contributed by atoms with van der Waals surface area (Å²) in [7, 11) is 1.35. The van der Waals surface area contributed by atoms with E-state index in [2.05, 4.69) is 5.32 Å². The molecular weight excluding hydrogens is 469 g/mol. The molecule has 0 atom stereocenters. The van der Waals surface area contributed by atoms with Crippen LogP contribution in [0.25, 0.3) is 0 Å². The van der Waals surface area contributed by atoms with E-state index >= 15 is 0 Å². The lowest BCUT2D eigenvalue weighted by molar-refractivity contribution is -0.384. The quantitative estimate of drug-likeness (QED) is 0.278. The highest BCUT2D eigenvalue weighted by Gasteiger charge is 2.35. The number of hydrogen-bond donors (Lipinski definition) is 1. The summed E-state index contributed by atoms with van der Waals surface area (Å²) < 4.78 is 19.5. The Balaban J connectivity index is 1.86. The number of nitrogens with zero attached hydrogens (tertiary/aromatic N) is 2. The standard InChI is InChI=1S/C26H24FN3O6/c1-26(2,28-25(33)36-16-17-9-5-4-6-10-17)24(32)29(3)22-14-13-18(30(34)35)15-20(22)23(31)19-11-7-8-12-21(19)27/h4-15H,16H2,1-3H3,(H,28,33). The highest BCUT2D eigenvalue weighted by atomic mass is 19.1. The first-order valence-corrected chi connectivity index (χ1v) is 10.9. The fourth-order valence-corrected chi connectivity index (χ4v) is 3.50. The van der Waals surface area contributed by atoms with Gasteiger partial charge in [0, 0.05) is 19.2 Å². The molecule has 3 aromatic rings. The smallest absolute Gasteiger partial charge is 0.408 e. The summed E-state index contributed by atoms with van der Waals surface area (Å²) in [5.41, 5.74) is -1.67. The number of ketones is 1. The topological polar surface area (TPSA) is 119 Å². The molecule has 9 nitrogen and oxygen atoms in total. The third-order valence-corrected chi connectivity index (χ3v) is 5.38. The number of ether oxygens (including phenoxy) is 1. The number of nitro benzene ring substituents is 1. The Morgan fingerprint density at radius 2 is 1.64 bits per heavy atom. The number of carbonyl (C=O) groups is 3. The lowest BCUT2D eigenvalue weighted by Crippen LogP contribution is -2.55. The first-order valence-electron chi connectivity index (χ1n) is 10.9. The van der Waals surface area contributed by atoms with Gasteiger partial charge >= 0.3 is 6.09 Å². The highest BCUT2D eigenvalue weighted by Crippen LogP contribution is 2.29. The number of rotatable bonds is 8. The van der Waals surface area contributed by atoms with Gasteiger partial charge in [0.2, 0.25) is 0 Å². The number of amides is 2. The van der Waals surface area contributed by atoms with Crippen LogP contribution in [-0.4, -0.2) is 35.3 Å². The molecule has 0 radical (unpaired) electrons. The maximum absolute atomic E-state index is 14.3. The molecule has 0 saturated heterocycles. The predicted molar refractivity (Wildman–Crippen MR) is 130 cm³/mol. The molecule has 0 aliphatic carbocycles. The number of non-ortho nitro benzene ring substituents is 1. The van der Waals surface area contributed by atoms with Crippen molar-refractivity contribution < 1.29 is 28.4 Å². The molecule has 2 amide bonds. The molecular formula is C26H24FN3O6. The van der Waals surface area contributed by atoms with Crippen molar-refractivity contribution in [2.75, 3.05) is 11.9 Å². The predicted octanol–water partition coefficient (Wildman–Crippen LogP) is 4.63.